The Morgan fingerprint density at radius 3 is 2.50 bits per heavy atom. The highest BCUT2D eigenvalue weighted by atomic mass is 32.1. The molecule has 1 aromatic carbocycles. The van der Waals surface area contributed by atoms with Crippen LogP contribution in [0.2, 0.25) is 0 Å². The van der Waals surface area contributed by atoms with E-state index in [4.69, 9.17) is 0 Å². The zero-order valence-corrected chi connectivity index (χ0v) is 17.8. The SMILES string of the molecule is Fc1ccc([C@H](c2nnnn2Cc2cccs2)N2CCN(C3CCCC3)CC2)cc1. The van der Waals surface area contributed by atoms with Crippen LogP contribution >= 0.6 is 11.3 Å². The molecule has 0 radical (unpaired) electrons. The summed E-state index contributed by atoms with van der Waals surface area (Å²) >= 11 is 1.70. The standard InChI is InChI=1S/C22H27FN6S/c23-18-9-7-17(8-10-18)21(22-24-25-26-29(22)16-20-6-3-15-30-20)28-13-11-27(12-14-28)19-4-1-2-5-19/h3,6-10,15,19,21H,1-2,4-5,11-14,16H2/t21-/m1/s1. The average molecular weight is 427 g/mol. The molecule has 2 fully saturated rings. The van der Waals surface area contributed by atoms with Gasteiger partial charge < -0.3 is 0 Å². The van der Waals surface area contributed by atoms with Crippen molar-refractivity contribution in [2.75, 3.05) is 26.2 Å². The van der Waals surface area contributed by atoms with Crippen molar-refractivity contribution in [3.05, 3.63) is 63.9 Å². The first-order chi connectivity index (χ1) is 14.8. The third-order valence-corrected chi connectivity index (χ3v) is 7.29. The summed E-state index contributed by atoms with van der Waals surface area (Å²) in [6, 6.07) is 11.6. The second-order valence-electron chi connectivity index (χ2n) is 8.24. The lowest BCUT2D eigenvalue weighted by Gasteiger charge is -2.41. The molecule has 1 saturated heterocycles. The highest BCUT2D eigenvalue weighted by molar-refractivity contribution is 7.09. The minimum atomic E-state index is -0.221. The van der Waals surface area contributed by atoms with Gasteiger partial charge in [-0.3, -0.25) is 9.80 Å². The largest absolute Gasteiger partial charge is 0.298 e. The second kappa shape index (κ2) is 8.91. The van der Waals surface area contributed by atoms with Gasteiger partial charge in [-0.2, -0.15) is 0 Å². The minimum Gasteiger partial charge on any atom is -0.298 e. The number of piperazine rings is 1. The summed E-state index contributed by atoms with van der Waals surface area (Å²) in [7, 11) is 0. The number of tetrazole rings is 1. The molecule has 3 aromatic rings. The third kappa shape index (κ3) is 4.17. The molecule has 3 heterocycles. The van der Waals surface area contributed by atoms with Gasteiger partial charge in [0, 0.05) is 37.1 Å². The summed E-state index contributed by atoms with van der Waals surface area (Å²) in [5.41, 5.74) is 1.04. The van der Waals surface area contributed by atoms with Gasteiger partial charge in [0.15, 0.2) is 5.82 Å². The van der Waals surface area contributed by atoms with Gasteiger partial charge in [-0.1, -0.05) is 31.0 Å². The molecule has 30 heavy (non-hydrogen) atoms. The number of hydrogen-bond donors (Lipinski definition) is 0. The van der Waals surface area contributed by atoms with Crippen LogP contribution in [-0.2, 0) is 6.54 Å². The van der Waals surface area contributed by atoms with Crippen molar-refractivity contribution in [3.63, 3.8) is 0 Å². The maximum Gasteiger partial charge on any atom is 0.173 e. The molecule has 2 aromatic heterocycles. The molecule has 1 atom stereocenters. The summed E-state index contributed by atoms with van der Waals surface area (Å²) in [5, 5.41) is 14.8. The number of hydrogen-bond acceptors (Lipinski definition) is 6. The van der Waals surface area contributed by atoms with E-state index in [1.807, 2.05) is 22.9 Å². The van der Waals surface area contributed by atoms with E-state index in [1.165, 1.54) is 42.7 Å². The molecular formula is C22H27FN6S. The lowest BCUT2D eigenvalue weighted by atomic mass is 10.0. The Morgan fingerprint density at radius 2 is 1.80 bits per heavy atom. The average Bonchev–Trinajstić information content (AvgIpc) is 3.54. The van der Waals surface area contributed by atoms with Crippen LogP contribution in [0.15, 0.2) is 41.8 Å². The third-order valence-electron chi connectivity index (χ3n) is 6.43. The molecule has 158 valence electrons. The Bertz CT molecular complexity index is 927. The van der Waals surface area contributed by atoms with Crippen LogP contribution in [0.5, 0.6) is 0 Å². The fraction of sp³-hybridized carbons (Fsp3) is 0.500. The van der Waals surface area contributed by atoms with E-state index in [2.05, 4.69) is 36.8 Å². The number of halogens is 1. The topological polar surface area (TPSA) is 50.1 Å². The van der Waals surface area contributed by atoms with Crippen LogP contribution in [0.4, 0.5) is 4.39 Å². The van der Waals surface area contributed by atoms with Gasteiger partial charge in [-0.15, -0.1) is 16.4 Å². The van der Waals surface area contributed by atoms with Crippen LogP contribution < -0.4 is 0 Å². The number of nitrogens with zero attached hydrogens (tertiary/aromatic N) is 6. The maximum atomic E-state index is 13.6. The maximum absolute atomic E-state index is 13.6. The van der Waals surface area contributed by atoms with Crippen molar-refractivity contribution in [3.8, 4) is 0 Å². The lowest BCUT2D eigenvalue weighted by Crippen LogP contribution is -2.51. The van der Waals surface area contributed by atoms with E-state index in [0.717, 1.165) is 43.6 Å². The number of aromatic nitrogens is 4. The molecule has 0 N–H and O–H groups in total. The number of rotatable bonds is 6. The predicted octanol–water partition coefficient (Wildman–Crippen LogP) is 3.57. The van der Waals surface area contributed by atoms with Gasteiger partial charge in [0.25, 0.3) is 0 Å². The molecule has 0 unspecified atom stereocenters. The Kier molecular flexibility index (Phi) is 5.88. The highest BCUT2D eigenvalue weighted by Gasteiger charge is 2.33. The summed E-state index contributed by atoms with van der Waals surface area (Å²) in [4.78, 5) is 6.32. The van der Waals surface area contributed by atoms with Crippen LogP contribution in [0.1, 0.15) is 48.0 Å². The van der Waals surface area contributed by atoms with Gasteiger partial charge in [0.05, 0.1) is 12.6 Å². The molecule has 0 bridgehead atoms. The van der Waals surface area contributed by atoms with Crippen LogP contribution in [-0.4, -0.2) is 62.2 Å². The van der Waals surface area contributed by atoms with Gasteiger partial charge in [-0.25, -0.2) is 9.07 Å². The van der Waals surface area contributed by atoms with Crippen molar-refractivity contribution < 1.29 is 4.39 Å². The molecular weight excluding hydrogens is 399 g/mol. The Morgan fingerprint density at radius 1 is 1.03 bits per heavy atom. The van der Waals surface area contributed by atoms with Gasteiger partial charge in [0.2, 0.25) is 0 Å². The van der Waals surface area contributed by atoms with E-state index in [1.54, 1.807) is 11.3 Å². The molecule has 1 aliphatic carbocycles. The summed E-state index contributed by atoms with van der Waals surface area (Å²) in [6.45, 7) is 4.71. The molecule has 2 aliphatic rings. The number of thiophene rings is 1. The molecule has 6 nitrogen and oxygen atoms in total. The second-order valence-corrected chi connectivity index (χ2v) is 9.27. The van der Waals surface area contributed by atoms with Crippen molar-refractivity contribution in [1.82, 2.24) is 30.0 Å². The Hall–Kier alpha value is -2.16. The molecule has 1 aliphatic heterocycles. The Labute approximate surface area is 180 Å². The highest BCUT2D eigenvalue weighted by Crippen LogP contribution is 2.31. The quantitative estimate of drug-likeness (QED) is 0.603. The van der Waals surface area contributed by atoms with Crippen LogP contribution in [0.25, 0.3) is 0 Å². The van der Waals surface area contributed by atoms with Crippen molar-refractivity contribution in [1.29, 1.82) is 0 Å². The summed E-state index contributed by atoms with van der Waals surface area (Å²) in [5.74, 6) is 0.603. The molecule has 0 spiro atoms. The minimum absolute atomic E-state index is 0.0775. The lowest BCUT2D eigenvalue weighted by molar-refractivity contribution is 0.0771. The monoisotopic (exact) mass is 426 g/mol. The molecule has 8 heteroatoms. The first-order valence-electron chi connectivity index (χ1n) is 10.8. The van der Waals surface area contributed by atoms with Crippen molar-refractivity contribution in [2.24, 2.45) is 0 Å². The zero-order valence-electron chi connectivity index (χ0n) is 17.0. The fourth-order valence-corrected chi connectivity index (χ4v) is 5.55. The van der Waals surface area contributed by atoms with Gasteiger partial charge in [0.1, 0.15) is 5.82 Å². The fourth-order valence-electron chi connectivity index (χ4n) is 4.87. The first-order valence-corrected chi connectivity index (χ1v) is 11.7. The van der Waals surface area contributed by atoms with E-state index in [9.17, 15) is 4.39 Å². The van der Waals surface area contributed by atoms with Gasteiger partial charge in [-0.05, 0) is 52.4 Å². The van der Waals surface area contributed by atoms with E-state index in [-0.39, 0.29) is 11.9 Å². The van der Waals surface area contributed by atoms with Crippen molar-refractivity contribution in [2.45, 2.75) is 44.3 Å². The van der Waals surface area contributed by atoms with Crippen LogP contribution in [0.3, 0.4) is 0 Å². The Balaban J connectivity index is 1.41. The smallest absolute Gasteiger partial charge is 0.173 e. The van der Waals surface area contributed by atoms with E-state index < -0.39 is 0 Å². The normalized spacial score (nSPS) is 20.0. The van der Waals surface area contributed by atoms with E-state index in [0.29, 0.717) is 6.54 Å². The molecule has 1 saturated carbocycles. The summed E-state index contributed by atoms with van der Waals surface area (Å²) in [6.07, 6.45) is 5.39. The van der Waals surface area contributed by atoms with Crippen molar-refractivity contribution >= 4 is 11.3 Å². The van der Waals surface area contributed by atoms with Gasteiger partial charge >= 0.3 is 0 Å². The molecule has 5 rings (SSSR count). The summed E-state index contributed by atoms with van der Waals surface area (Å²) < 4.78 is 15.5. The molecule has 0 amide bonds. The van der Waals surface area contributed by atoms with Crippen LogP contribution in [0, 0.1) is 5.82 Å². The predicted molar refractivity (Wildman–Crippen MR) is 115 cm³/mol. The number of benzene rings is 1. The first kappa shape index (κ1) is 19.8. The van der Waals surface area contributed by atoms with E-state index >= 15 is 0 Å². The zero-order chi connectivity index (χ0) is 20.3.